The molecule has 0 atom stereocenters. The number of aromatic nitrogens is 1. The van der Waals surface area contributed by atoms with Crippen molar-refractivity contribution < 1.29 is 18.7 Å². The lowest BCUT2D eigenvalue weighted by Gasteiger charge is -2.07. The molecule has 0 radical (unpaired) electrons. The Kier molecular flexibility index (Phi) is 2.64. The van der Waals surface area contributed by atoms with Crippen LogP contribution in [0.15, 0.2) is 6.07 Å². The van der Waals surface area contributed by atoms with E-state index in [1.807, 2.05) is 0 Å². The second-order valence-electron chi connectivity index (χ2n) is 2.71. The maximum absolute atomic E-state index is 12.3. The fraction of sp³-hybridized carbons (Fsp3) is 0.250. The van der Waals surface area contributed by atoms with E-state index in [9.17, 15) is 13.6 Å². The molecule has 0 aliphatic heterocycles. The van der Waals surface area contributed by atoms with Gasteiger partial charge in [-0.15, -0.1) is 0 Å². The molecule has 0 saturated carbocycles. The van der Waals surface area contributed by atoms with Gasteiger partial charge in [0, 0.05) is 5.69 Å². The van der Waals surface area contributed by atoms with Crippen molar-refractivity contribution in [3.8, 4) is 0 Å². The Balaban J connectivity index is 3.35. The third-order valence-electron chi connectivity index (χ3n) is 1.78. The van der Waals surface area contributed by atoms with Crippen molar-refractivity contribution in [3.63, 3.8) is 0 Å². The summed E-state index contributed by atoms with van der Waals surface area (Å²) in [5.74, 6) is -1.38. The van der Waals surface area contributed by atoms with E-state index in [1.54, 1.807) is 0 Å². The third-order valence-corrected chi connectivity index (χ3v) is 1.78. The number of hydrogen-bond acceptors (Lipinski definition) is 3. The van der Waals surface area contributed by atoms with Gasteiger partial charge in [0.15, 0.2) is 5.69 Å². The van der Waals surface area contributed by atoms with Gasteiger partial charge in [0.1, 0.15) is 5.69 Å². The molecule has 0 aromatic carbocycles. The standard InChI is InChI=1S/C8H8F2N2O2/c1-3-4(11)2-5(8(13)14)12-6(3)7(9)10/h2,7H,1H3,(H2,11,12)(H,13,14). The minimum atomic E-state index is -2.82. The molecule has 0 fully saturated rings. The summed E-state index contributed by atoms with van der Waals surface area (Å²) in [6.07, 6.45) is -2.82. The quantitative estimate of drug-likeness (QED) is 0.763. The number of pyridine rings is 1. The Morgan fingerprint density at radius 2 is 2.21 bits per heavy atom. The summed E-state index contributed by atoms with van der Waals surface area (Å²) < 4.78 is 24.7. The second-order valence-corrected chi connectivity index (χ2v) is 2.71. The SMILES string of the molecule is Cc1c(N)cc(C(=O)O)nc1C(F)F. The van der Waals surface area contributed by atoms with Gasteiger partial charge in [-0.25, -0.2) is 18.6 Å². The highest BCUT2D eigenvalue weighted by Crippen LogP contribution is 2.24. The Morgan fingerprint density at radius 1 is 1.64 bits per heavy atom. The molecular weight excluding hydrogens is 194 g/mol. The highest BCUT2D eigenvalue weighted by atomic mass is 19.3. The molecule has 0 unspecified atom stereocenters. The van der Waals surface area contributed by atoms with Crippen molar-refractivity contribution in [2.75, 3.05) is 5.73 Å². The number of carboxylic acid groups (broad SMARTS) is 1. The number of nitrogen functional groups attached to an aromatic ring is 1. The smallest absolute Gasteiger partial charge is 0.354 e. The molecule has 4 nitrogen and oxygen atoms in total. The highest BCUT2D eigenvalue weighted by molar-refractivity contribution is 5.86. The van der Waals surface area contributed by atoms with Crippen molar-refractivity contribution in [2.45, 2.75) is 13.3 Å². The van der Waals surface area contributed by atoms with E-state index < -0.39 is 23.8 Å². The first-order valence-electron chi connectivity index (χ1n) is 3.72. The monoisotopic (exact) mass is 202 g/mol. The molecule has 1 aromatic heterocycles. The van der Waals surface area contributed by atoms with Crippen LogP contribution in [0, 0.1) is 6.92 Å². The lowest BCUT2D eigenvalue weighted by atomic mass is 10.1. The van der Waals surface area contributed by atoms with E-state index in [0.717, 1.165) is 6.07 Å². The van der Waals surface area contributed by atoms with E-state index in [-0.39, 0.29) is 11.3 Å². The Morgan fingerprint density at radius 3 is 2.64 bits per heavy atom. The zero-order valence-corrected chi connectivity index (χ0v) is 7.29. The molecule has 0 aliphatic rings. The van der Waals surface area contributed by atoms with Gasteiger partial charge in [-0.2, -0.15) is 0 Å². The first-order valence-corrected chi connectivity index (χ1v) is 3.72. The van der Waals surface area contributed by atoms with Crippen LogP contribution in [0.5, 0.6) is 0 Å². The van der Waals surface area contributed by atoms with Crippen LogP contribution in [0.4, 0.5) is 14.5 Å². The molecule has 1 aromatic rings. The number of nitrogens with two attached hydrogens (primary N) is 1. The third kappa shape index (κ3) is 1.78. The van der Waals surface area contributed by atoms with Gasteiger partial charge in [0.2, 0.25) is 0 Å². The van der Waals surface area contributed by atoms with Crippen molar-refractivity contribution >= 4 is 11.7 Å². The summed E-state index contributed by atoms with van der Waals surface area (Å²) in [5, 5.41) is 8.54. The van der Waals surface area contributed by atoms with Gasteiger partial charge >= 0.3 is 5.97 Å². The normalized spacial score (nSPS) is 10.6. The molecule has 3 N–H and O–H groups in total. The van der Waals surface area contributed by atoms with Gasteiger partial charge in [0.25, 0.3) is 6.43 Å². The van der Waals surface area contributed by atoms with E-state index in [1.165, 1.54) is 6.92 Å². The summed E-state index contributed by atoms with van der Waals surface area (Å²) in [7, 11) is 0. The van der Waals surface area contributed by atoms with Gasteiger partial charge in [-0.3, -0.25) is 0 Å². The van der Waals surface area contributed by atoms with Crippen LogP contribution < -0.4 is 5.73 Å². The lowest BCUT2D eigenvalue weighted by molar-refractivity contribution is 0.0688. The molecular formula is C8H8F2N2O2. The number of carboxylic acids is 1. The molecule has 0 saturated heterocycles. The van der Waals surface area contributed by atoms with Gasteiger partial charge < -0.3 is 10.8 Å². The zero-order valence-electron chi connectivity index (χ0n) is 7.29. The summed E-state index contributed by atoms with van der Waals surface area (Å²) >= 11 is 0. The molecule has 0 aliphatic carbocycles. The van der Waals surface area contributed by atoms with Crippen molar-refractivity contribution in [1.82, 2.24) is 4.98 Å². The van der Waals surface area contributed by atoms with Crippen LogP contribution in [0.25, 0.3) is 0 Å². The minimum absolute atomic E-state index is 0.00713. The molecule has 1 heterocycles. The number of anilines is 1. The summed E-state index contributed by atoms with van der Waals surface area (Å²) in [5.41, 5.74) is 4.43. The Labute approximate surface area is 78.4 Å². The number of carbonyl (C=O) groups is 1. The number of hydrogen-bond donors (Lipinski definition) is 2. The Hall–Kier alpha value is -1.72. The number of aromatic carboxylic acids is 1. The fourth-order valence-corrected chi connectivity index (χ4v) is 0.971. The van der Waals surface area contributed by atoms with Crippen LogP contribution in [0.2, 0.25) is 0 Å². The maximum atomic E-state index is 12.3. The van der Waals surface area contributed by atoms with E-state index in [2.05, 4.69) is 4.98 Å². The molecule has 0 bridgehead atoms. The number of nitrogens with zero attached hydrogens (tertiary/aromatic N) is 1. The van der Waals surface area contributed by atoms with Crippen molar-refractivity contribution in [1.29, 1.82) is 0 Å². The zero-order chi connectivity index (χ0) is 10.9. The van der Waals surface area contributed by atoms with Crippen LogP contribution in [0.1, 0.15) is 28.2 Å². The van der Waals surface area contributed by atoms with E-state index in [4.69, 9.17) is 10.8 Å². The maximum Gasteiger partial charge on any atom is 0.354 e. The second kappa shape index (κ2) is 3.57. The first kappa shape index (κ1) is 10.4. The van der Waals surface area contributed by atoms with Crippen LogP contribution in [-0.4, -0.2) is 16.1 Å². The van der Waals surface area contributed by atoms with E-state index in [0.29, 0.717) is 0 Å². The van der Waals surface area contributed by atoms with Gasteiger partial charge in [0.05, 0.1) is 0 Å². The fourth-order valence-electron chi connectivity index (χ4n) is 0.971. The van der Waals surface area contributed by atoms with E-state index >= 15 is 0 Å². The predicted molar refractivity (Wildman–Crippen MR) is 45.3 cm³/mol. The van der Waals surface area contributed by atoms with Crippen LogP contribution in [0.3, 0.4) is 0 Å². The predicted octanol–water partition coefficient (Wildman–Crippen LogP) is 1.61. The average Bonchev–Trinajstić information content (AvgIpc) is 2.08. The largest absolute Gasteiger partial charge is 0.477 e. The molecule has 1 rings (SSSR count). The summed E-state index contributed by atoms with van der Waals surface area (Å²) in [6.45, 7) is 1.37. The van der Waals surface area contributed by atoms with Crippen molar-refractivity contribution in [2.24, 2.45) is 0 Å². The summed E-state index contributed by atoms with van der Waals surface area (Å²) in [4.78, 5) is 13.8. The number of halogens is 2. The van der Waals surface area contributed by atoms with Gasteiger partial charge in [-0.05, 0) is 18.6 Å². The molecule has 76 valence electrons. The average molecular weight is 202 g/mol. The Bertz CT molecular complexity index is 380. The highest BCUT2D eigenvalue weighted by Gasteiger charge is 2.18. The van der Waals surface area contributed by atoms with Crippen LogP contribution >= 0.6 is 0 Å². The van der Waals surface area contributed by atoms with Crippen LogP contribution in [-0.2, 0) is 0 Å². The summed E-state index contributed by atoms with van der Waals surface area (Å²) in [6, 6.07) is 1.06. The number of rotatable bonds is 2. The number of alkyl halides is 2. The topological polar surface area (TPSA) is 76.2 Å². The minimum Gasteiger partial charge on any atom is -0.477 e. The molecule has 6 heteroatoms. The molecule has 0 spiro atoms. The van der Waals surface area contributed by atoms with Crippen molar-refractivity contribution in [3.05, 3.63) is 23.0 Å². The van der Waals surface area contributed by atoms with Gasteiger partial charge in [-0.1, -0.05) is 0 Å². The molecule has 14 heavy (non-hydrogen) atoms. The molecule has 0 amide bonds. The first-order chi connectivity index (χ1) is 6.43. The lowest BCUT2D eigenvalue weighted by Crippen LogP contribution is -2.08.